The van der Waals surface area contributed by atoms with Gasteiger partial charge in [0.1, 0.15) is 11.9 Å². The summed E-state index contributed by atoms with van der Waals surface area (Å²) in [5, 5.41) is 0. The Bertz CT molecular complexity index is 1120. The van der Waals surface area contributed by atoms with Gasteiger partial charge >= 0.3 is 0 Å². The summed E-state index contributed by atoms with van der Waals surface area (Å²) in [6, 6.07) is 14.0. The van der Waals surface area contributed by atoms with Gasteiger partial charge in [-0.2, -0.15) is 0 Å². The smallest absolute Gasteiger partial charge is 0.244 e. The molecule has 1 aromatic carbocycles. The Morgan fingerprint density at radius 3 is 2.69 bits per heavy atom. The zero-order valence-corrected chi connectivity index (χ0v) is 20.3. The fourth-order valence-corrected chi connectivity index (χ4v) is 5.27. The van der Waals surface area contributed by atoms with E-state index in [0.717, 1.165) is 61.5 Å². The third-order valence-corrected chi connectivity index (χ3v) is 7.02. The van der Waals surface area contributed by atoms with Crippen molar-refractivity contribution < 1.29 is 9.53 Å². The van der Waals surface area contributed by atoms with Crippen LogP contribution in [-0.4, -0.2) is 70.1 Å². The third kappa shape index (κ3) is 5.57. The van der Waals surface area contributed by atoms with Crippen molar-refractivity contribution in [3.63, 3.8) is 0 Å². The fraction of sp³-hybridized carbons (Fsp3) is 0.429. The second-order valence-electron chi connectivity index (χ2n) is 9.45. The van der Waals surface area contributed by atoms with Crippen LogP contribution in [0.15, 0.2) is 61.1 Å². The van der Waals surface area contributed by atoms with E-state index < -0.39 is 0 Å². The van der Waals surface area contributed by atoms with Gasteiger partial charge < -0.3 is 9.64 Å². The van der Waals surface area contributed by atoms with Crippen LogP contribution < -0.4 is 0 Å². The number of morpholine rings is 1. The van der Waals surface area contributed by atoms with Crippen molar-refractivity contribution in [3.8, 4) is 0 Å². The molecular weight excluding hydrogens is 438 g/mol. The molecular formula is C28H33N5O2. The molecule has 0 unspecified atom stereocenters. The summed E-state index contributed by atoms with van der Waals surface area (Å²) in [6.45, 7) is 6.18. The topological polar surface area (TPSA) is 71.5 Å². The minimum Gasteiger partial charge on any atom is -0.379 e. The van der Waals surface area contributed by atoms with Gasteiger partial charge in [-0.25, -0.2) is 9.97 Å². The van der Waals surface area contributed by atoms with Gasteiger partial charge in [0.2, 0.25) is 5.91 Å². The molecule has 7 nitrogen and oxygen atoms in total. The molecule has 2 saturated heterocycles. The molecule has 182 valence electrons. The number of benzene rings is 1. The second kappa shape index (κ2) is 11.1. The number of hydrogen-bond donors (Lipinski definition) is 0. The number of aryl methyl sites for hydroxylation is 1. The predicted molar refractivity (Wildman–Crippen MR) is 134 cm³/mol. The number of likely N-dealkylation sites (tertiary alicyclic amines) is 1. The highest BCUT2D eigenvalue weighted by atomic mass is 16.5. The van der Waals surface area contributed by atoms with Crippen molar-refractivity contribution in [1.82, 2.24) is 24.8 Å². The lowest BCUT2D eigenvalue weighted by Crippen LogP contribution is -2.49. The standard InChI is InChI=1S/C28H33N5O2/c1-21-30-19-25(17-22-7-3-2-4-8-22)26(31-21)24-10-6-12-33(20-24)28(34)27(23-9-5-11-29-18-23)32-13-15-35-16-14-32/h2-5,7-9,11,18-19,24,27H,6,10,12-17,20H2,1H3/t24-,27+/m1/s1. The molecule has 2 aliphatic heterocycles. The average Bonchev–Trinajstić information content (AvgIpc) is 2.92. The zero-order chi connectivity index (χ0) is 24.0. The molecule has 7 heteroatoms. The van der Waals surface area contributed by atoms with Gasteiger partial charge in [-0.3, -0.25) is 14.7 Å². The maximum absolute atomic E-state index is 14.0. The van der Waals surface area contributed by atoms with Gasteiger partial charge in [-0.1, -0.05) is 36.4 Å². The maximum Gasteiger partial charge on any atom is 0.244 e. The molecule has 0 N–H and O–H groups in total. The van der Waals surface area contributed by atoms with E-state index in [1.165, 1.54) is 5.56 Å². The molecule has 0 saturated carbocycles. The predicted octanol–water partition coefficient (Wildman–Crippen LogP) is 3.55. The highest BCUT2D eigenvalue weighted by Crippen LogP contribution is 2.32. The number of ether oxygens (including phenoxy) is 1. The third-order valence-electron chi connectivity index (χ3n) is 7.02. The average molecular weight is 472 g/mol. The molecule has 5 rings (SSSR count). The maximum atomic E-state index is 14.0. The number of carbonyl (C=O) groups excluding carboxylic acids is 1. The van der Waals surface area contributed by atoms with E-state index >= 15 is 0 Å². The summed E-state index contributed by atoms with van der Waals surface area (Å²) in [5.74, 6) is 1.13. The Morgan fingerprint density at radius 2 is 1.91 bits per heavy atom. The number of aromatic nitrogens is 3. The quantitative estimate of drug-likeness (QED) is 0.548. The molecule has 0 aliphatic carbocycles. The summed E-state index contributed by atoms with van der Waals surface area (Å²) >= 11 is 0. The zero-order valence-electron chi connectivity index (χ0n) is 20.3. The molecule has 0 radical (unpaired) electrons. The van der Waals surface area contributed by atoms with Crippen LogP contribution in [0.1, 0.15) is 53.0 Å². The highest BCUT2D eigenvalue weighted by molar-refractivity contribution is 5.83. The monoisotopic (exact) mass is 471 g/mol. The number of carbonyl (C=O) groups is 1. The first-order valence-electron chi connectivity index (χ1n) is 12.6. The number of piperidine rings is 1. The fourth-order valence-electron chi connectivity index (χ4n) is 5.27. The largest absolute Gasteiger partial charge is 0.379 e. The van der Waals surface area contributed by atoms with Crippen LogP contribution in [0.25, 0.3) is 0 Å². The van der Waals surface area contributed by atoms with E-state index in [1.807, 2.05) is 42.4 Å². The van der Waals surface area contributed by atoms with E-state index in [9.17, 15) is 4.79 Å². The van der Waals surface area contributed by atoms with Gasteiger partial charge in [0.05, 0.1) is 18.9 Å². The Balaban J connectivity index is 1.39. The summed E-state index contributed by atoms with van der Waals surface area (Å²) in [7, 11) is 0. The molecule has 0 spiro atoms. The molecule has 1 amide bonds. The molecule has 3 aromatic rings. The number of nitrogens with zero attached hydrogens (tertiary/aromatic N) is 5. The minimum atomic E-state index is -0.331. The molecule has 2 fully saturated rings. The molecule has 4 heterocycles. The molecule has 2 aliphatic rings. The van der Waals surface area contributed by atoms with Crippen molar-refractivity contribution in [2.75, 3.05) is 39.4 Å². The van der Waals surface area contributed by atoms with E-state index in [0.29, 0.717) is 19.8 Å². The van der Waals surface area contributed by atoms with Gasteiger partial charge in [0, 0.05) is 57.1 Å². The SMILES string of the molecule is Cc1ncc(Cc2ccccc2)c([C@@H]2CCCN(C(=O)[C@H](c3cccnc3)N3CCOCC3)C2)n1. The molecule has 2 aromatic heterocycles. The van der Waals surface area contributed by atoms with Gasteiger partial charge in [0.25, 0.3) is 0 Å². The first-order chi connectivity index (χ1) is 17.2. The Morgan fingerprint density at radius 1 is 1.09 bits per heavy atom. The van der Waals surface area contributed by atoms with Crippen molar-refractivity contribution in [1.29, 1.82) is 0 Å². The normalized spacial score (nSPS) is 19.9. The lowest BCUT2D eigenvalue weighted by molar-refractivity contribution is -0.140. The summed E-state index contributed by atoms with van der Waals surface area (Å²) in [5.41, 5.74) is 4.43. The van der Waals surface area contributed by atoms with E-state index in [2.05, 4.69) is 39.1 Å². The lowest BCUT2D eigenvalue weighted by Gasteiger charge is -2.39. The number of rotatable bonds is 6. The minimum absolute atomic E-state index is 0.153. The van der Waals surface area contributed by atoms with Gasteiger partial charge in [0.15, 0.2) is 0 Å². The molecule has 2 atom stereocenters. The number of hydrogen-bond acceptors (Lipinski definition) is 6. The second-order valence-corrected chi connectivity index (χ2v) is 9.45. The van der Waals surface area contributed by atoms with Crippen LogP contribution in [0.5, 0.6) is 0 Å². The van der Waals surface area contributed by atoms with Gasteiger partial charge in [-0.15, -0.1) is 0 Å². The van der Waals surface area contributed by atoms with Crippen LogP contribution >= 0.6 is 0 Å². The van der Waals surface area contributed by atoms with E-state index in [4.69, 9.17) is 9.72 Å². The Kier molecular flexibility index (Phi) is 7.45. The van der Waals surface area contributed by atoms with Crippen molar-refractivity contribution in [2.45, 2.75) is 38.1 Å². The number of pyridine rings is 1. The van der Waals surface area contributed by atoms with Crippen molar-refractivity contribution >= 4 is 5.91 Å². The van der Waals surface area contributed by atoms with Crippen LogP contribution in [0.3, 0.4) is 0 Å². The summed E-state index contributed by atoms with van der Waals surface area (Å²) < 4.78 is 5.56. The summed E-state index contributed by atoms with van der Waals surface area (Å²) in [6.07, 6.45) is 8.34. The number of amides is 1. The van der Waals surface area contributed by atoms with Crippen LogP contribution in [0.2, 0.25) is 0 Å². The molecule has 35 heavy (non-hydrogen) atoms. The molecule has 0 bridgehead atoms. The Labute approximate surface area is 207 Å². The van der Waals surface area contributed by atoms with Crippen LogP contribution in [0.4, 0.5) is 0 Å². The van der Waals surface area contributed by atoms with Crippen molar-refractivity contribution in [2.24, 2.45) is 0 Å². The highest BCUT2D eigenvalue weighted by Gasteiger charge is 2.35. The lowest BCUT2D eigenvalue weighted by atomic mass is 9.89. The summed E-state index contributed by atoms with van der Waals surface area (Å²) in [4.78, 5) is 32.0. The van der Waals surface area contributed by atoms with Crippen molar-refractivity contribution in [3.05, 3.63) is 89.3 Å². The van der Waals surface area contributed by atoms with Gasteiger partial charge in [-0.05, 0) is 42.5 Å². The van der Waals surface area contributed by atoms with Crippen LogP contribution in [-0.2, 0) is 16.0 Å². The van der Waals surface area contributed by atoms with Crippen LogP contribution in [0, 0.1) is 6.92 Å². The van der Waals surface area contributed by atoms with E-state index in [1.54, 1.807) is 6.20 Å². The first kappa shape index (κ1) is 23.6. The Hall–Kier alpha value is -3.16. The van der Waals surface area contributed by atoms with E-state index in [-0.39, 0.29) is 17.9 Å². The first-order valence-corrected chi connectivity index (χ1v) is 12.6.